The third-order valence-electron chi connectivity index (χ3n) is 2.82. The summed E-state index contributed by atoms with van der Waals surface area (Å²) in [6, 6.07) is 10.4. The lowest BCUT2D eigenvalue weighted by Crippen LogP contribution is -2.04. The van der Waals surface area contributed by atoms with E-state index in [0.717, 1.165) is 24.5 Å². The number of benzene rings is 1. The van der Waals surface area contributed by atoms with Crippen LogP contribution in [0.2, 0.25) is 0 Å². The highest BCUT2D eigenvalue weighted by Gasteiger charge is 2.05. The van der Waals surface area contributed by atoms with Crippen molar-refractivity contribution in [1.82, 2.24) is 9.78 Å². The highest BCUT2D eigenvalue weighted by atomic mass is 35.5. The molecule has 19 heavy (non-hydrogen) atoms. The second-order valence-electron chi connectivity index (χ2n) is 5.08. The van der Waals surface area contributed by atoms with Crippen molar-refractivity contribution in [3.05, 3.63) is 47.8 Å². The Morgan fingerprint density at radius 3 is 2.53 bits per heavy atom. The molecule has 0 radical (unpaired) electrons. The van der Waals surface area contributed by atoms with Crippen molar-refractivity contribution < 1.29 is 0 Å². The minimum Gasteiger partial charge on any atom is -0.378 e. The summed E-state index contributed by atoms with van der Waals surface area (Å²) in [4.78, 5) is 0. The van der Waals surface area contributed by atoms with Crippen LogP contribution in [0, 0.1) is 12.8 Å². The SMILES string of the molecule is Cc1nn(CC(C)C)cc1NCc1ccccc1.Cl. The van der Waals surface area contributed by atoms with E-state index in [0.29, 0.717) is 5.92 Å². The number of hydrogen-bond acceptors (Lipinski definition) is 2. The number of anilines is 1. The van der Waals surface area contributed by atoms with Gasteiger partial charge in [-0.3, -0.25) is 4.68 Å². The first kappa shape index (κ1) is 15.6. The van der Waals surface area contributed by atoms with Crippen LogP contribution >= 0.6 is 12.4 Å². The van der Waals surface area contributed by atoms with Gasteiger partial charge in [-0.25, -0.2) is 0 Å². The minimum atomic E-state index is 0. The molecule has 0 saturated heterocycles. The van der Waals surface area contributed by atoms with Gasteiger partial charge in [-0.15, -0.1) is 12.4 Å². The Kier molecular flexibility index (Phi) is 5.90. The van der Waals surface area contributed by atoms with E-state index < -0.39 is 0 Å². The molecular formula is C15H22ClN3. The van der Waals surface area contributed by atoms with Crippen LogP contribution in [-0.2, 0) is 13.1 Å². The molecule has 0 saturated carbocycles. The van der Waals surface area contributed by atoms with Crippen molar-refractivity contribution in [2.24, 2.45) is 5.92 Å². The van der Waals surface area contributed by atoms with E-state index in [1.165, 1.54) is 5.56 Å². The summed E-state index contributed by atoms with van der Waals surface area (Å²) in [5, 5.41) is 7.96. The third kappa shape index (κ3) is 4.60. The largest absolute Gasteiger partial charge is 0.378 e. The minimum absolute atomic E-state index is 0. The Morgan fingerprint density at radius 1 is 1.21 bits per heavy atom. The van der Waals surface area contributed by atoms with Gasteiger partial charge in [-0.1, -0.05) is 44.2 Å². The maximum Gasteiger partial charge on any atom is 0.0825 e. The van der Waals surface area contributed by atoms with E-state index in [1.54, 1.807) is 0 Å². The molecule has 0 unspecified atom stereocenters. The van der Waals surface area contributed by atoms with Gasteiger partial charge < -0.3 is 5.32 Å². The molecule has 0 aliphatic carbocycles. The molecule has 0 amide bonds. The van der Waals surface area contributed by atoms with Gasteiger partial charge in [0.1, 0.15) is 0 Å². The van der Waals surface area contributed by atoms with Gasteiger partial charge in [-0.05, 0) is 18.4 Å². The third-order valence-corrected chi connectivity index (χ3v) is 2.82. The fourth-order valence-electron chi connectivity index (χ4n) is 1.95. The lowest BCUT2D eigenvalue weighted by Gasteiger charge is -2.05. The number of rotatable bonds is 5. The van der Waals surface area contributed by atoms with E-state index in [-0.39, 0.29) is 12.4 Å². The summed E-state index contributed by atoms with van der Waals surface area (Å²) >= 11 is 0. The molecule has 0 spiro atoms. The molecule has 0 fully saturated rings. The molecule has 104 valence electrons. The lowest BCUT2D eigenvalue weighted by molar-refractivity contribution is 0.481. The first-order chi connectivity index (χ1) is 8.65. The zero-order valence-corrected chi connectivity index (χ0v) is 12.6. The summed E-state index contributed by atoms with van der Waals surface area (Å²) < 4.78 is 2.02. The zero-order chi connectivity index (χ0) is 13.0. The first-order valence-corrected chi connectivity index (χ1v) is 6.47. The van der Waals surface area contributed by atoms with Crippen LogP contribution in [0.5, 0.6) is 0 Å². The monoisotopic (exact) mass is 279 g/mol. The molecule has 0 bridgehead atoms. The van der Waals surface area contributed by atoms with Gasteiger partial charge in [0.15, 0.2) is 0 Å². The van der Waals surface area contributed by atoms with Crippen LogP contribution in [0.15, 0.2) is 36.5 Å². The molecule has 0 atom stereocenters. The second-order valence-corrected chi connectivity index (χ2v) is 5.08. The van der Waals surface area contributed by atoms with Crippen molar-refractivity contribution in [1.29, 1.82) is 0 Å². The molecular weight excluding hydrogens is 258 g/mol. The van der Waals surface area contributed by atoms with E-state index in [1.807, 2.05) is 17.7 Å². The number of nitrogens with zero attached hydrogens (tertiary/aromatic N) is 2. The molecule has 0 aliphatic heterocycles. The second kappa shape index (κ2) is 7.19. The number of aryl methyl sites for hydroxylation is 1. The summed E-state index contributed by atoms with van der Waals surface area (Å²) in [5.41, 5.74) is 3.47. The normalized spacial score (nSPS) is 10.3. The van der Waals surface area contributed by atoms with Crippen LogP contribution in [0.25, 0.3) is 0 Å². The predicted octanol–water partition coefficient (Wildman–Crippen LogP) is 3.88. The van der Waals surface area contributed by atoms with Gasteiger partial charge >= 0.3 is 0 Å². The number of halogens is 1. The Morgan fingerprint density at radius 2 is 1.89 bits per heavy atom. The van der Waals surface area contributed by atoms with E-state index in [4.69, 9.17) is 0 Å². The fraction of sp³-hybridized carbons (Fsp3) is 0.400. The van der Waals surface area contributed by atoms with Crippen LogP contribution in [0.3, 0.4) is 0 Å². The Hall–Kier alpha value is -1.48. The molecule has 2 rings (SSSR count). The molecule has 1 heterocycles. The lowest BCUT2D eigenvalue weighted by atomic mass is 10.2. The van der Waals surface area contributed by atoms with Gasteiger partial charge in [0.2, 0.25) is 0 Å². The van der Waals surface area contributed by atoms with E-state index in [9.17, 15) is 0 Å². The Balaban J connectivity index is 0.00000180. The van der Waals surface area contributed by atoms with Crippen molar-refractivity contribution >= 4 is 18.1 Å². The van der Waals surface area contributed by atoms with Crippen LogP contribution in [0.1, 0.15) is 25.1 Å². The summed E-state index contributed by atoms with van der Waals surface area (Å²) in [5.74, 6) is 0.617. The Bertz CT molecular complexity index is 491. The quantitative estimate of drug-likeness (QED) is 0.900. The number of aromatic nitrogens is 2. The topological polar surface area (TPSA) is 29.9 Å². The summed E-state index contributed by atoms with van der Waals surface area (Å²) in [7, 11) is 0. The van der Waals surface area contributed by atoms with Gasteiger partial charge in [0.25, 0.3) is 0 Å². The highest BCUT2D eigenvalue weighted by Crippen LogP contribution is 2.14. The molecule has 1 aromatic heterocycles. The molecule has 3 nitrogen and oxygen atoms in total. The van der Waals surface area contributed by atoms with Crippen molar-refractivity contribution in [3.8, 4) is 0 Å². The molecule has 2 aromatic rings. The van der Waals surface area contributed by atoms with Crippen LogP contribution < -0.4 is 5.32 Å². The van der Waals surface area contributed by atoms with Gasteiger partial charge in [0, 0.05) is 19.3 Å². The average molecular weight is 280 g/mol. The standard InChI is InChI=1S/C15H21N3.ClH/c1-12(2)10-18-11-15(13(3)17-18)16-9-14-7-5-4-6-8-14;/h4-8,11-12,16H,9-10H2,1-3H3;1H. The molecule has 0 aliphatic rings. The van der Waals surface area contributed by atoms with Gasteiger partial charge in [0.05, 0.1) is 11.4 Å². The molecule has 4 heteroatoms. The van der Waals surface area contributed by atoms with Crippen LogP contribution in [0.4, 0.5) is 5.69 Å². The average Bonchev–Trinajstić information content (AvgIpc) is 2.67. The maximum absolute atomic E-state index is 4.52. The highest BCUT2D eigenvalue weighted by molar-refractivity contribution is 5.85. The van der Waals surface area contributed by atoms with Crippen molar-refractivity contribution in [2.45, 2.75) is 33.9 Å². The first-order valence-electron chi connectivity index (χ1n) is 6.47. The summed E-state index contributed by atoms with van der Waals surface area (Å²) in [6.45, 7) is 8.26. The fourth-order valence-corrected chi connectivity index (χ4v) is 1.95. The van der Waals surface area contributed by atoms with Crippen LogP contribution in [-0.4, -0.2) is 9.78 Å². The maximum atomic E-state index is 4.52. The van der Waals surface area contributed by atoms with Gasteiger partial charge in [-0.2, -0.15) is 5.10 Å². The summed E-state index contributed by atoms with van der Waals surface area (Å²) in [6.07, 6.45) is 2.10. The predicted molar refractivity (Wildman–Crippen MR) is 82.8 cm³/mol. The van der Waals surface area contributed by atoms with Crippen molar-refractivity contribution in [2.75, 3.05) is 5.32 Å². The number of hydrogen-bond donors (Lipinski definition) is 1. The molecule has 1 N–H and O–H groups in total. The van der Waals surface area contributed by atoms with E-state index >= 15 is 0 Å². The number of nitrogens with one attached hydrogen (secondary N) is 1. The zero-order valence-electron chi connectivity index (χ0n) is 11.8. The molecule has 1 aromatic carbocycles. The van der Waals surface area contributed by atoms with E-state index in [2.05, 4.69) is 54.7 Å². The Labute approximate surface area is 121 Å². The smallest absolute Gasteiger partial charge is 0.0825 e. The van der Waals surface area contributed by atoms with Crippen molar-refractivity contribution in [3.63, 3.8) is 0 Å².